The van der Waals surface area contributed by atoms with Gasteiger partial charge in [-0.05, 0) is 54.9 Å². The summed E-state index contributed by atoms with van der Waals surface area (Å²) in [5, 5.41) is 8.27. The smallest absolute Gasteiger partial charge is 0.170 e. The molecular weight excluding hydrogens is 355 g/mol. The summed E-state index contributed by atoms with van der Waals surface area (Å²) in [6.07, 6.45) is 0.925. The maximum atomic E-state index is 13.3. The molecule has 0 radical (unpaired) electrons. The summed E-state index contributed by atoms with van der Waals surface area (Å²) in [6.45, 7) is 2.41. The topological polar surface area (TPSA) is 47.3 Å². The molecule has 3 aromatic carbocycles. The van der Waals surface area contributed by atoms with E-state index in [1.807, 2.05) is 42.5 Å². The Morgan fingerprint density at radius 2 is 1.79 bits per heavy atom. The third-order valence-electron chi connectivity index (χ3n) is 4.50. The summed E-state index contributed by atoms with van der Waals surface area (Å²) in [4.78, 5) is 0. The van der Waals surface area contributed by atoms with Gasteiger partial charge in [-0.1, -0.05) is 35.5 Å². The lowest BCUT2D eigenvalue weighted by Gasteiger charge is -2.08. The molecule has 0 aliphatic rings. The van der Waals surface area contributed by atoms with Crippen molar-refractivity contribution < 1.29 is 13.7 Å². The first-order valence-corrected chi connectivity index (χ1v) is 9.32. The van der Waals surface area contributed by atoms with E-state index in [0.717, 1.165) is 36.2 Å². The molecule has 5 heteroatoms. The number of hydrogen-bond donors (Lipinski definition) is 1. The predicted octanol–water partition coefficient (Wildman–Crippen LogP) is 5.19. The van der Waals surface area contributed by atoms with Crippen LogP contribution in [0.5, 0.6) is 5.75 Å². The van der Waals surface area contributed by atoms with E-state index in [9.17, 15) is 4.39 Å². The normalized spacial score (nSPS) is 11.0. The highest BCUT2D eigenvalue weighted by Crippen LogP contribution is 2.29. The SMILES string of the molecule is Fc1ccc2c(-c3ccc(OCCCNCc4ccccc4)cc3)noc2c1. The van der Waals surface area contributed by atoms with Crippen molar-refractivity contribution >= 4 is 11.0 Å². The molecular formula is C23H21FN2O2. The summed E-state index contributed by atoms with van der Waals surface area (Å²) in [7, 11) is 0. The first-order valence-electron chi connectivity index (χ1n) is 9.32. The molecule has 0 saturated heterocycles. The van der Waals surface area contributed by atoms with Crippen molar-refractivity contribution in [3.63, 3.8) is 0 Å². The number of nitrogens with one attached hydrogen (secondary N) is 1. The van der Waals surface area contributed by atoms with Gasteiger partial charge in [0.05, 0.1) is 6.61 Å². The number of rotatable bonds is 8. The Balaban J connectivity index is 1.26. The molecule has 0 bridgehead atoms. The molecule has 1 N–H and O–H groups in total. The van der Waals surface area contributed by atoms with Crippen molar-refractivity contribution in [1.29, 1.82) is 0 Å². The second-order valence-electron chi connectivity index (χ2n) is 6.56. The molecule has 1 aromatic heterocycles. The number of fused-ring (bicyclic) bond motifs is 1. The van der Waals surface area contributed by atoms with Crippen molar-refractivity contribution in [2.45, 2.75) is 13.0 Å². The Bertz CT molecular complexity index is 1030. The van der Waals surface area contributed by atoms with Crippen LogP contribution in [0.15, 0.2) is 77.3 Å². The fourth-order valence-corrected chi connectivity index (χ4v) is 3.04. The Hall–Kier alpha value is -3.18. The van der Waals surface area contributed by atoms with Crippen LogP contribution in [0.4, 0.5) is 4.39 Å². The molecule has 28 heavy (non-hydrogen) atoms. The van der Waals surface area contributed by atoms with Crippen LogP contribution in [0.25, 0.3) is 22.2 Å². The van der Waals surface area contributed by atoms with Gasteiger partial charge in [0.25, 0.3) is 0 Å². The van der Waals surface area contributed by atoms with Gasteiger partial charge in [0.2, 0.25) is 0 Å². The zero-order chi connectivity index (χ0) is 19.2. The van der Waals surface area contributed by atoms with Crippen LogP contribution in [0.3, 0.4) is 0 Å². The van der Waals surface area contributed by atoms with E-state index in [0.29, 0.717) is 17.9 Å². The summed E-state index contributed by atoms with van der Waals surface area (Å²) >= 11 is 0. The van der Waals surface area contributed by atoms with Crippen LogP contribution >= 0.6 is 0 Å². The molecule has 4 nitrogen and oxygen atoms in total. The van der Waals surface area contributed by atoms with E-state index in [1.54, 1.807) is 6.07 Å². The number of nitrogens with zero attached hydrogens (tertiary/aromatic N) is 1. The molecule has 4 rings (SSSR count). The van der Waals surface area contributed by atoms with Crippen LogP contribution < -0.4 is 10.1 Å². The fraction of sp³-hybridized carbons (Fsp3) is 0.174. The number of aromatic nitrogens is 1. The van der Waals surface area contributed by atoms with Gasteiger partial charge in [-0.25, -0.2) is 4.39 Å². The van der Waals surface area contributed by atoms with Crippen molar-refractivity contribution in [3.05, 3.63) is 84.2 Å². The van der Waals surface area contributed by atoms with E-state index in [1.165, 1.54) is 17.7 Å². The van der Waals surface area contributed by atoms with Crippen molar-refractivity contribution in [2.75, 3.05) is 13.2 Å². The molecule has 1 heterocycles. The average molecular weight is 376 g/mol. The summed E-state index contributed by atoms with van der Waals surface area (Å²) in [6, 6.07) is 22.5. The molecule has 0 atom stereocenters. The van der Waals surface area contributed by atoms with Crippen molar-refractivity contribution in [1.82, 2.24) is 10.5 Å². The molecule has 0 aliphatic carbocycles. The van der Waals surface area contributed by atoms with Gasteiger partial charge in [0.1, 0.15) is 17.3 Å². The average Bonchev–Trinajstić information content (AvgIpc) is 3.15. The maximum absolute atomic E-state index is 13.3. The van der Waals surface area contributed by atoms with E-state index in [4.69, 9.17) is 9.26 Å². The Kier molecular flexibility index (Phi) is 5.64. The fourth-order valence-electron chi connectivity index (χ4n) is 3.04. The minimum Gasteiger partial charge on any atom is -0.494 e. The van der Waals surface area contributed by atoms with Gasteiger partial charge in [-0.2, -0.15) is 0 Å². The van der Waals surface area contributed by atoms with E-state index in [-0.39, 0.29) is 5.82 Å². The van der Waals surface area contributed by atoms with Gasteiger partial charge in [0, 0.05) is 23.6 Å². The highest BCUT2D eigenvalue weighted by atomic mass is 19.1. The number of ether oxygens (including phenoxy) is 1. The zero-order valence-corrected chi connectivity index (χ0v) is 15.4. The maximum Gasteiger partial charge on any atom is 0.170 e. The summed E-state index contributed by atoms with van der Waals surface area (Å²) < 4.78 is 24.3. The highest BCUT2D eigenvalue weighted by molar-refractivity contribution is 5.91. The van der Waals surface area contributed by atoms with Crippen molar-refractivity contribution in [2.24, 2.45) is 0 Å². The third kappa shape index (κ3) is 4.38. The Morgan fingerprint density at radius 1 is 0.964 bits per heavy atom. The van der Waals surface area contributed by atoms with Gasteiger partial charge in [-0.15, -0.1) is 0 Å². The van der Waals surface area contributed by atoms with Crippen LogP contribution in [0.1, 0.15) is 12.0 Å². The number of hydrogen-bond acceptors (Lipinski definition) is 4. The summed E-state index contributed by atoms with van der Waals surface area (Å²) in [5.74, 6) is 0.475. The highest BCUT2D eigenvalue weighted by Gasteiger charge is 2.11. The quantitative estimate of drug-likeness (QED) is 0.430. The Labute approximate surface area is 162 Å². The van der Waals surface area contributed by atoms with Crippen LogP contribution in [-0.4, -0.2) is 18.3 Å². The standard InChI is InChI=1S/C23H21FN2O2/c24-19-9-12-21-22(15-19)28-26-23(21)18-7-10-20(11-8-18)27-14-4-13-25-16-17-5-2-1-3-6-17/h1-3,5-12,15,25H,4,13-14,16H2. The predicted molar refractivity (Wildman–Crippen MR) is 108 cm³/mol. The Morgan fingerprint density at radius 3 is 2.61 bits per heavy atom. The first kappa shape index (κ1) is 18.2. The van der Waals surface area contributed by atoms with Gasteiger partial charge < -0.3 is 14.6 Å². The number of halogens is 1. The van der Waals surface area contributed by atoms with Gasteiger partial charge >= 0.3 is 0 Å². The van der Waals surface area contributed by atoms with E-state index in [2.05, 4.69) is 22.6 Å². The van der Waals surface area contributed by atoms with E-state index < -0.39 is 0 Å². The second-order valence-corrected chi connectivity index (χ2v) is 6.56. The van der Waals surface area contributed by atoms with Crippen LogP contribution in [0.2, 0.25) is 0 Å². The van der Waals surface area contributed by atoms with Crippen LogP contribution in [0, 0.1) is 5.82 Å². The molecule has 0 saturated carbocycles. The minimum absolute atomic E-state index is 0.336. The summed E-state index contributed by atoms with van der Waals surface area (Å²) in [5.41, 5.74) is 3.33. The molecule has 0 aliphatic heterocycles. The van der Waals surface area contributed by atoms with Crippen molar-refractivity contribution in [3.8, 4) is 17.0 Å². The number of benzene rings is 3. The lowest BCUT2D eigenvalue weighted by molar-refractivity contribution is 0.308. The largest absolute Gasteiger partial charge is 0.494 e. The zero-order valence-electron chi connectivity index (χ0n) is 15.4. The molecule has 142 valence electrons. The molecule has 0 spiro atoms. The molecule has 0 amide bonds. The third-order valence-corrected chi connectivity index (χ3v) is 4.50. The molecule has 0 fully saturated rings. The first-order chi connectivity index (χ1) is 13.8. The second kappa shape index (κ2) is 8.67. The monoisotopic (exact) mass is 376 g/mol. The lowest BCUT2D eigenvalue weighted by atomic mass is 10.1. The minimum atomic E-state index is -0.336. The molecule has 4 aromatic rings. The van der Waals surface area contributed by atoms with Gasteiger partial charge in [0.15, 0.2) is 5.58 Å². The molecule has 0 unspecified atom stereocenters. The van der Waals surface area contributed by atoms with Crippen LogP contribution in [-0.2, 0) is 6.54 Å². The van der Waals surface area contributed by atoms with Gasteiger partial charge in [-0.3, -0.25) is 0 Å². The lowest BCUT2D eigenvalue weighted by Crippen LogP contribution is -2.16. The van der Waals surface area contributed by atoms with E-state index >= 15 is 0 Å².